The molecule has 1 aromatic heterocycles. The standard InChI is InChI=1S/C11H20N4O/c1-4-8-7-13-15-9(8)14-10(16)11(12,5-2)6-3/h7H,4-6,12H2,1-3H3,(H2,13,14,15,16). The molecule has 0 aliphatic heterocycles. The van der Waals surface area contributed by atoms with Gasteiger partial charge in [-0.05, 0) is 19.3 Å². The summed E-state index contributed by atoms with van der Waals surface area (Å²) in [6.07, 6.45) is 3.77. The predicted molar refractivity (Wildman–Crippen MR) is 64.1 cm³/mol. The average Bonchev–Trinajstić information content (AvgIpc) is 2.75. The Morgan fingerprint density at radius 3 is 2.62 bits per heavy atom. The number of carbonyl (C=O) groups is 1. The van der Waals surface area contributed by atoms with Gasteiger partial charge < -0.3 is 11.1 Å². The second kappa shape index (κ2) is 5.12. The summed E-state index contributed by atoms with van der Waals surface area (Å²) in [7, 11) is 0. The van der Waals surface area contributed by atoms with Gasteiger partial charge in [0, 0.05) is 5.56 Å². The molecule has 0 saturated heterocycles. The number of aryl methyl sites for hydroxylation is 1. The number of aromatic nitrogens is 2. The van der Waals surface area contributed by atoms with Crippen molar-refractivity contribution in [3.63, 3.8) is 0 Å². The minimum atomic E-state index is -0.796. The first-order chi connectivity index (χ1) is 7.57. The van der Waals surface area contributed by atoms with Crippen molar-refractivity contribution in [2.45, 2.75) is 45.6 Å². The first kappa shape index (κ1) is 12.7. The summed E-state index contributed by atoms with van der Waals surface area (Å²) in [5.41, 5.74) is 6.20. The van der Waals surface area contributed by atoms with Crippen molar-refractivity contribution in [3.05, 3.63) is 11.8 Å². The lowest BCUT2D eigenvalue weighted by molar-refractivity contribution is -0.121. The molecule has 1 rings (SSSR count). The van der Waals surface area contributed by atoms with Gasteiger partial charge in [0.1, 0.15) is 5.82 Å². The molecule has 5 heteroatoms. The van der Waals surface area contributed by atoms with Crippen LogP contribution in [0.1, 0.15) is 39.2 Å². The van der Waals surface area contributed by atoms with E-state index in [2.05, 4.69) is 15.5 Å². The number of amides is 1. The highest BCUT2D eigenvalue weighted by atomic mass is 16.2. The van der Waals surface area contributed by atoms with Crippen LogP contribution in [0.5, 0.6) is 0 Å². The second-order valence-corrected chi connectivity index (χ2v) is 3.94. The van der Waals surface area contributed by atoms with Gasteiger partial charge in [-0.1, -0.05) is 20.8 Å². The van der Waals surface area contributed by atoms with Gasteiger partial charge >= 0.3 is 0 Å². The Labute approximate surface area is 95.8 Å². The first-order valence-electron chi connectivity index (χ1n) is 5.70. The largest absolute Gasteiger partial charge is 0.317 e. The normalized spacial score (nSPS) is 11.5. The van der Waals surface area contributed by atoms with Crippen LogP contribution in [0.3, 0.4) is 0 Å². The van der Waals surface area contributed by atoms with E-state index in [0.717, 1.165) is 12.0 Å². The molecule has 16 heavy (non-hydrogen) atoms. The number of nitrogens with one attached hydrogen (secondary N) is 2. The molecule has 0 spiro atoms. The molecule has 0 aliphatic rings. The fraction of sp³-hybridized carbons (Fsp3) is 0.636. The molecule has 1 heterocycles. The van der Waals surface area contributed by atoms with Crippen molar-refractivity contribution < 1.29 is 4.79 Å². The zero-order valence-corrected chi connectivity index (χ0v) is 10.1. The Balaban J connectivity index is 2.78. The zero-order chi connectivity index (χ0) is 12.2. The van der Waals surface area contributed by atoms with E-state index in [1.165, 1.54) is 0 Å². The van der Waals surface area contributed by atoms with Crippen LogP contribution in [-0.2, 0) is 11.2 Å². The van der Waals surface area contributed by atoms with Crippen LogP contribution in [0.25, 0.3) is 0 Å². The highest BCUT2D eigenvalue weighted by Crippen LogP contribution is 2.17. The fourth-order valence-corrected chi connectivity index (χ4v) is 1.50. The lowest BCUT2D eigenvalue weighted by Gasteiger charge is -2.24. The number of nitrogens with two attached hydrogens (primary N) is 1. The van der Waals surface area contributed by atoms with Crippen LogP contribution < -0.4 is 11.1 Å². The molecule has 0 aliphatic carbocycles. The number of H-pyrrole nitrogens is 1. The van der Waals surface area contributed by atoms with E-state index in [0.29, 0.717) is 18.7 Å². The highest BCUT2D eigenvalue weighted by molar-refractivity contribution is 5.97. The Morgan fingerprint density at radius 2 is 2.12 bits per heavy atom. The number of hydrogen-bond acceptors (Lipinski definition) is 3. The molecule has 4 N–H and O–H groups in total. The molecule has 0 atom stereocenters. The van der Waals surface area contributed by atoms with E-state index in [9.17, 15) is 4.79 Å². The quantitative estimate of drug-likeness (QED) is 0.707. The van der Waals surface area contributed by atoms with E-state index < -0.39 is 5.54 Å². The maximum Gasteiger partial charge on any atom is 0.245 e. The van der Waals surface area contributed by atoms with E-state index in [4.69, 9.17) is 5.73 Å². The van der Waals surface area contributed by atoms with Gasteiger partial charge in [-0.25, -0.2) is 0 Å². The molecule has 0 aromatic carbocycles. The maximum atomic E-state index is 12.0. The third-order valence-electron chi connectivity index (χ3n) is 3.05. The van der Waals surface area contributed by atoms with Crippen molar-refractivity contribution in [2.75, 3.05) is 5.32 Å². The molecule has 0 saturated carbocycles. The van der Waals surface area contributed by atoms with Gasteiger partial charge in [0.15, 0.2) is 0 Å². The molecule has 1 aromatic rings. The molecule has 0 fully saturated rings. The molecule has 0 unspecified atom stereocenters. The Kier molecular flexibility index (Phi) is 4.06. The van der Waals surface area contributed by atoms with Crippen molar-refractivity contribution in [3.8, 4) is 0 Å². The fourth-order valence-electron chi connectivity index (χ4n) is 1.50. The molecular formula is C11H20N4O. The molecule has 5 nitrogen and oxygen atoms in total. The molecule has 90 valence electrons. The maximum absolute atomic E-state index is 12.0. The van der Waals surface area contributed by atoms with E-state index in [1.54, 1.807) is 6.20 Å². The van der Waals surface area contributed by atoms with Crippen LogP contribution >= 0.6 is 0 Å². The number of rotatable bonds is 5. The van der Waals surface area contributed by atoms with Crippen LogP contribution in [0.4, 0.5) is 5.82 Å². The summed E-state index contributed by atoms with van der Waals surface area (Å²) < 4.78 is 0. The summed E-state index contributed by atoms with van der Waals surface area (Å²) >= 11 is 0. The number of hydrogen-bond donors (Lipinski definition) is 3. The number of nitrogens with zero attached hydrogens (tertiary/aromatic N) is 1. The lowest BCUT2D eigenvalue weighted by atomic mass is 9.93. The Hall–Kier alpha value is -1.36. The van der Waals surface area contributed by atoms with Crippen LogP contribution in [-0.4, -0.2) is 21.6 Å². The van der Waals surface area contributed by atoms with Crippen molar-refractivity contribution in [1.29, 1.82) is 0 Å². The number of carbonyl (C=O) groups excluding carboxylic acids is 1. The summed E-state index contributed by atoms with van der Waals surface area (Å²) in [4.78, 5) is 12.0. The summed E-state index contributed by atoms with van der Waals surface area (Å²) in [5, 5.41) is 9.47. The third-order valence-corrected chi connectivity index (χ3v) is 3.05. The number of anilines is 1. The molecular weight excluding hydrogens is 204 g/mol. The van der Waals surface area contributed by atoms with Crippen molar-refractivity contribution in [1.82, 2.24) is 10.2 Å². The lowest BCUT2D eigenvalue weighted by Crippen LogP contribution is -2.50. The minimum absolute atomic E-state index is 0.156. The third kappa shape index (κ3) is 2.41. The zero-order valence-electron chi connectivity index (χ0n) is 10.1. The molecule has 1 amide bonds. The van der Waals surface area contributed by atoms with Gasteiger partial charge in [0.25, 0.3) is 0 Å². The SMILES string of the molecule is CCc1cn[nH]c1NC(=O)C(N)(CC)CC. The summed E-state index contributed by atoms with van der Waals surface area (Å²) in [6, 6.07) is 0. The predicted octanol–water partition coefficient (Wildman–Crippen LogP) is 1.43. The second-order valence-electron chi connectivity index (χ2n) is 3.94. The molecule has 0 bridgehead atoms. The summed E-state index contributed by atoms with van der Waals surface area (Å²) in [5.74, 6) is 0.501. The van der Waals surface area contributed by atoms with Gasteiger partial charge in [0.2, 0.25) is 5.91 Å². The van der Waals surface area contributed by atoms with Gasteiger partial charge in [-0.15, -0.1) is 0 Å². The van der Waals surface area contributed by atoms with E-state index in [-0.39, 0.29) is 5.91 Å². The Morgan fingerprint density at radius 1 is 1.50 bits per heavy atom. The van der Waals surface area contributed by atoms with Crippen LogP contribution in [0.15, 0.2) is 6.20 Å². The average molecular weight is 224 g/mol. The highest BCUT2D eigenvalue weighted by Gasteiger charge is 2.30. The Bertz CT molecular complexity index is 355. The smallest absolute Gasteiger partial charge is 0.245 e. The topological polar surface area (TPSA) is 83.8 Å². The van der Waals surface area contributed by atoms with Crippen LogP contribution in [0.2, 0.25) is 0 Å². The summed E-state index contributed by atoms with van der Waals surface area (Å²) in [6.45, 7) is 5.84. The van der Waals surface area contributed by atoms with E-state index >= 15 is 0 Å². The minimum Gasteiger partial charge on any atom is -0.317 e. The van der Waals surface area contributed by atoms with Crippen molar-refractivity contribution >= 4 is 11.7 Å². The van der Waals surface area contributed by atoms with Gasteiger partial charge in [-0.3, -0.25) is 9.89 Å². The molecule has 0 radical (unpaired) electrons. The van der Waals surface area contributed by atoms with Crippen LogP contribution in [0, 0.1) is 0 Å². The monoisotopic (exact) mass is 224 g/mol. The van der Waals surface area contributed by atoms with Crippen molar-refractivity contribution in [2.24, 2.45) is 5.73 Å². The number of aromatic amines is 1. The van der Waals surface area contributed by atoms with E-state index in [1.807, 2.05) is 20.8 Å². The van der Waals surface area contributed by atoms with Gasteiger partial charge in [0.05, 0.1) is 11.7 Å². The first-order valence-corrected chi connectivity index (χ1v) is 5.70. The van der Waals surface area contributed by atoms with Gasteiger partial charge in [-0.2, -0.15) is 5.10 Å².